The molecular weight excluding hydrogens is 382 g/mol. The van der Waals surface area contributed by atoms with Crippen molar-refractivity contribution in [3.63, 3.8) is 0 Å². The van der Waals surface area contributed by atoms with Gasteiger partial charge < -0.3 is 15.4 Å². The van der Waals surface area contributed by atoms with Crippen molar-refractivity contribution in [2.24, 2.45) is 0 Å². The number of hydrogen-bond donors (Lipinski definition) is 3. The van der Waals surface area contributed by atoms with Crippen LogP contribution in [0.25, 0.3) is 10.9 Å². The van der Waals surface area contributed by atoms with E-state index in [4.69, 9.17) is 4.74 Å². The number of nitrogens with zero attached hydrogens (tertiary/aromatic N) is 2. The Morgan fingerprint density at radius 3 is 2.90 bits per heavy atom. The molecule has 0 fully saturated rings. The molecule has 0 atom stereocenters. The first-order valence-electron chi connectivity index (χ1n) is 9.49. The van der Waals surface area contributed by atoms with E-state index in [1.165, 1.54) is 6.20 Å². The minimum Gasteiger partial charge on any atom is -0.462 e. The number of carbonyl (C=O) groups is 2. The average molecular weight is 403 g/mol. The standard InChI is InChI=1S/C22H21N5O3/c1-2-3-10-30-22(29)18-6-4-5-7-19(18)26-21(28)16(12-23)13-24-17-9-8-15-14-25-27-20(15)11-17/h4-9,11,13-14,24H,2-3,10H2,1H3,(H,25,27)(H,26,28)/b16-13-. The predicted molar refractivity (Wildman–Crippen MR) is 114 cm³/mol. The third-order valence-corrected chi connectivity index (χ3v) is 4.32. The molecule has 0 aliphatic rings. The zero-order chi connectivity index (χ0) is 21.3. The lowest BCUT2D eigenvalue weighted by Crippen LogP contribution is -2.17. The van der Waals surface area contributed by atoms with Crippen LogP contribution >= 0.6 is 0 Å². The minimum atomic E-state index is -0.638. The molecule has 1 aromatic heterocycles. The molecule has 8 nitrogen and oxygen atoms in total. The fourth-order valence-corrected chi connectivity index (χ4v) is 2.68. The monoisotopic (exact) mass is 403 g/mol. The summed E-state index contributed by atoms with van der Waals surface area (Å²) < 4.78 is 5.22. The lowest BCUT2D eigenvalue weighted by molar-refractivity contribution is -0.112. The van der Waals surface area contributed by atoms with Gasteiger partial charge >= 0.3 is 5.97 Å². The van der Waals surface area contributed by atoms with Gasteiger partial charge in [-0.3, -0.25) is 9.89 Å². The molecule has 152 valence electrons. The molecule has 0 saturated heterocycles. The first-order chi connectivity index (χ1) is 14.6. The van der Waals surface area contributed by atoms with Crippen molar-refractivity contribution in [2.45, 2.75) is 19.8 Å². The fourth-order valence-electron chi connectivity index (χ4n) is 2.68. The number of nitrogens with one attached hydrogen (secondary N) is 3. The van der Waals surface area contributed by atoms with Crippen LogP contribution < -0.4 is 10.6 Å². The van der Waals surface area contributed by atoms with Gasteiger partial charge in [-0.25, -0.2) is 4.79 Å². The number of aromatic nitrogens is 2. The molecule has 3 rings (SSSR count). The van der Waals surface area contributed by atoms with Crippen molar-refractivity contribution >= 4 is 34.2 Å². The van der Waals surface area contributed by atoms with Crippen LogP contribution in [0.3, 0.4) is 0 Å². The van der Waals surface area contributed by atoms with Gasteiger partial charge in [-0.05, 0) is 36.8 Å². The summed E-state index contributed by atoms with van der Waals surface area (Å²) in [4.78, 5) is 24.8. The summed E-state index contributed by atoms with van der Waals surface area (Å²) in [5.41, 5.74) is 1.88. The maximum absolute atomic E-state index is 12.6. The molecule has 1 amide bonds. The molecule has 2 aromatic carbocycles. The van der Waals surface area contributed by atoms with E-state index in [-0.39, 0.29) is 16.8 Å². The molecule has 30 heavy (non-hydrogen) atoms. The van der Waals surface area contributed by atoms with Gasteiger partial charge in [0.15, 0.2) is 0 Å². The van der Waals surface area contributed by atoms with Crippen LogP contribution in [0, 0.1) is 11.3 Å². The smallest absolute Gasteiger partial charge is 0.340 e. The number of amides is 1. The zero-order valence-electron chi connectivity index (χ0n) is 16.4. The van der Waals surface area contributed by atoms with E-state index in [1.54, 1.807) is 30.5 Å². The van der Waals surface area contributed by atoms with E-state index in [1.807, 2.05) is 31.2 Å². The number of ether oxygens (including phenoxy) is 1. The highest BCUT2D eigenvalue weighted by Gasteiger charge is 2.16. The second-order valence-corrected chi connectivity index (χ2v) is 6.48. The van der Waals surface area contributed by atoms with Gasteiger partial charge in [-0.15, -0.1) is 0 Å². The van der Waals surface area contributed by atoms with Gasteiger partial charge in [0, 0.05) is 17.3 Å². The number of aromatic amines is 1. The number of fused-ring (bicyclic) bond motifs is 1. The molecule has 1 heterocycles. The summed E-state index contributed by atoms with van der Waals surface area (Å²) in [7, 11) is 0. The highest BCUT2D eigenvalue weighted by molar-refractivity contribution is 6.09. The number of rotatable bonds is 8. The number of para-hydroxylation sites is 1. The maximum atomic E-state index is 12.6. The Bertz CT molecular complexity index is 1130. The normalized spacial score (nSPS) is 11.0. The van der Waals surface area contributed by atoms with Crippen molar-refractivity contribution in [2.75, 3.05) is 17.2 Å². The Balaban J connectivity index is 1.71. The summed E-state index contributed by atoms with van der Waals surface area (Å²) in [5.74, 6) is -1.16. The van der Waals surface area contributed by atoms with Crippen LogP contribution in [0.1, 0.15) is 30.1 Å². The second kappa shape index (κ2) is 9.89. The van der Waals surface area contributed by atoms with Gasteiger partial charge in [0.1, 0.15) is 11.6 Å². The molecule has 0 aliphatic heterocycles. The Hall–Kier alpha value is -4.12. The summed E-state index contributed by atoms with van der Waals surface area (Å²) >= 11 is 0. The van der Waals surface area contributed by atoms with E-state index in [0.717, 1.165) is 23.7 Å². The number of anilines is 2. The summed E-state index contributed by atoms with van der Waals surface area (Å²) in [6, 6.07) is 13.9. The van der Waals surface area contributed by atoms with Crippen molar-refractivity contribution in [1.29, 1.82) is 5.26 Å². The first kappa shape index (κ1) is 20.6. The fraction of sp³-hybridized carbons (Fsp3) is 0.182. The molecule has 3 aromatic rings. The molecule has 8 heteroatoms. The lowest BCUT2D eigenvalue weighted by Gasteiger charge is -2.10. The number of H-pyrrole nitrogens is 1. The van der Waals surface area contributed by atoms with Gasteiger partial charge in [-0.2, -0.15) is 10.4 Å². The SMILES string of the molecule is CCCCOC(=O)c1ccccc1NC(=O)/C(C#N)=C\Nc1ccc2cn[nH]c2c1. The number of benzene rings is 2. The van der Waals surface area contributed by atoms with Crippen LogP contribution in [0.4, 0.5) is 11.4 Å². The second-order valence-electron chi connectivity index (χ2n) is 6.48. The molecule has 0 spiro atoms. The summed E-state index contributed by atoms with van der Waals surface area (Å²) in [5, 5.41) is 22.7. The van der Waals surface area contributed by atoms with Gasteiger partial charge in [0.2, 0.25) is 0 Å². The van der Waals surface area contributed by atoms with E-state index in [2.05, 4.69) is 20.8 Å². The zero-order valence-corrected chi connectivity index (χ0v) is 16.4. The van der Waals surface area contributed by atoms with E-state index in [0.29, 0.717) is 12.3 Å². The number of carbonyl (C=O) groups excluding carboxylic acids is 2. The van der Waals surface area contributed by atoms with Gasteiger partial charge in [0.25, 0.3) is 5.91 Å². The number of unbranched alkanes of at least 4 members (excludes halogenated alkanes) is 1. The van der Waals surface area contributed by atoms with Crippen LogP contribution in [0.2, 0.25) is 0 Å². The largest absolute Gasteiger partial charge is 0.462 e. The molecule has 0 aliphatic carbocycles. The topological polar surface area (TPSA) is 120 Å². The molecular formula is C22H21N5O3. The third kappa shape index (κ3) is 5.02. The van der Waals surface area contributed by atoms with Crippen LogP contribution in [-0.4, -0.2) is 28.7 Å². The first-order valence-corrected chi connectivity index (χ1v) is 9.49. The summed E-state index contributed by atoms with van der Waals surface area (Å²) in [6.07, 6.45) is 4.68. The van der Waals surface area contributed by atoms with Gasteiger partial charge in [-0.1, -0.05) is 25.5 Å². The molecule has 0 radical (unpaired) electrons. The van der Waals surface area contributed by atoms with Crippen LogP contribution in [0.15, 0.2) is 60.4 Å². The minimum absolute atomic E-state index is 0.145. The summed E-state index contributed by atoms with van der Waals surface area (Å²) in [6.45, 7) is 2.31. The number of nitriles is 1. The Morgan fingerprint density at radius 1 is 1.27 bits per heavy atom. The van der Waals surface area contributed by atoms with Crippen molar-refractivity contribution in [1.82, 2.24) is 10.2 Å². The average Bonchev–Trinajstić information content (AvgIpc) is 3.22. The highest BCUT2D eigenvalue weighted by Crippen LogP contribution is 2.19. The lowest BCUT2D eigenvalue weighted by atomic mass is 10.1. The van der Waals surface area contributed by atoms with Crippen LogP contribution in [-0.2, 0) is 9.53 Å². The number of hydrogen-bond acceptors (Lipinski definition) is 6. The Labute approximate surface area is 173 Å². The number of esters is 1. The Morgan fingerprint density at radius 2 is 2.10 bits per heavy atom. The van der Waals surface area contributed by atoms with Crippen LogP contribution in [0.5, 0.6) is 0 Å². The van der Waals surface area contributed by atoms with Crippen molar-refractivity contribution in [3.8, 4) is 6.07 Å². The molecule has 0 unspecified atom stereocenters. The van der Waals surface area contributed by atoms with Gasteiger partial charge in [0.05, 0.1) is 29.6 Å². The quantitative estimate of drug-likeness (QED) is 0.226. The third-order valence-electron chi connectivity index (χ3n) is 4.32. The van der Waals surface area contributed by atoms with E-state index < -0.39 is 11.9 Å². The van der Waals surface area contributed by atoms with Crippen molar-refractivity contribution in [3.05, 3.63) is 66.0 Å². The predicted octanol–water partition coefficient (Wildman–Crippen LogP) is 3.98. The van der Waals surface area contributed by atoms with E-state index in [9.17, 15) is 14.9 Å². The molecule has 0 saturated carbocycles. The maximum Gasteiger partial charge on any atom is 0.340 e. The van der Waals surface area contributed by atoms with E-state index >= 15 is 0 Å². The highest BCUT2D eigenvalue weighted by atomic mass is 16.5. The molecule has 0 bridgehead atoms. The molecule has 3 N–H and O–H groups in total. The van der Waals surface area contributed by atoms with Crippen molar-refractivity contribution < 1.29 is 14.3 Å². The Kier molecular flexibility index (Phi) is 6.79.